The van der Waals surface area contributed by atoms with Gasteiger partial charge in [-0.15, -0.1) is 0 Å². The molecule has 3 rings (SSSR count). The van der Waals surface area contributed by atoms with Crippen LogP contribution in [0.15, 0.2) is 64.4 Å². The van der Waals surface area contributed by atoms with E-state index in [1.807, 2.05) is 18.2 Å². The molecule has 2 aromatic rings. The van der Waals surface area contributed by atoms with Crippen molar-refractivity contribution in [2.75, 3.05) is 38.5 Å². The number of hydrogen-bond acceptors (Lipinski definition) is 5. The number of hydrogen-bond donors (Lipinski definition) is 0. The Balaban J connectivity index is 1.60. The normalized spacial score (nSPS) is 16.9. The topological polar surface area (TPSA) is 74.8 Å². The number of piperazine rings is 1. The monoisotopic (exact) mass is 422 g/mol. The highest BCUT2D eigenvalue weighted by Gasteiger charge is 2.28. The zero-order valence-corrected chi connectivity index (χ0v) is 17.6. The van der Waals surface area contributed by atoms with E-state index in [1.165, 1.54) is 34.1 Å². The minimum atomic E-state index is -3.61. The molecule has 1 aliphatic heterocycles. The summed E-state index contributed by atoms with van der Waals surface area (Å²) in [7, 11) is -6.95. The Bertz CT molecular complexity index is 980. The molecule has 6 nitrogen and oxygen atoms in total. The Kier molecular flexibility index (Phi) is 6.54. The zero-order chi connectivity index (χ0) is 20.2. The highest BCUT2D eigenvalue weighted by atomic mass is 32.2. The van der Waals surface area contributed by atoms with Gasteiger partial charge in [-0.2, -0.15) is 4.31 Å². The summed E-state index contributed by atoms with van der Waals surface area (Å²) in [6, 6.07) is 15.8. The van der Waals surface area contributed by atoms with Gasteiger partial charge in [-0.05, 0) is 36.2 Å². The molecule has 0 saturated carbocycles. The molecule has 0 atom stereocenters. The fourth-order valence-electron chi connectivity index (χ4n) is 3.26. The largest absolute Gasteiger partial charge is 0.300 e. The maximum absolute atomic E-state index is 12.9. The van der Waals surface area contributed by atoms with Gasteiger partial charge in [-0.1, -0.05) is 37.3 Å². The van der Waals surface area contributed by atoms with Crippen molar-refractivity contribution in [1.29, 1.82) is 0 Å². The molecule has 0 N–H and O–H groups in total. The number of sulfonamides is 1. The maximum Gasteiger partial charge on any atom is 0.243 e. The zero-order valence-electron chi connectivity index (χ0n) is 16.0. The predicted octanol–water partition coefficient (Wildman–Crippen LogP) is 2.03. The summed E-state index contributed by atoms with van der Waals surface area (Å²) in [5.74, 6) is -0.00988. The Morgan fingerprint density at radius 2 is 1.36 bits per heavy atom. The predicted molar refractivity (Wildman–Crippen MR) is 110 cm³/mol. The Labute approximate surface area is 167 Å². The van der Waals surface area contributed by atoms with E-state index < -0.39 is 19.9 Å². The maximum atomic E-state index is 12.9. The molecule has 0 radical (unpaired) electrons. The van der Waals surface area contributed by atoms with Gasteiger partial charge in [-0.25, -0.2) is 16.8 Å². The summed E-state index contributed by atoms with van der Waals surface area (Å²) in [5.41, 5.74) is 1.28. The van der Waals surface area contributed by atoms with Gasteiger partial charge >= 0.3 is 0 Å². The molecule has 2 aromatic carbocycles. The molecule has 28 heavy (non-hydrogen) atoms. The second-order valence-corrected chi connectivity index (χ2v) is 11.1. The summed E-state index contributed by atoms with van der Waals surface area (Å²) >= 11 is 0. The van der Waals surface area contributed by atoms with Gasteiger partial charge in [0.25, 0.3) is 0 Å². The third-order valence-corrected chi connectivity index (χ3v) is 8.75. The average Bonchev–Trinajstić information content (AvgIpc) is 2.73. The van der Waals surface area contributed by atoms with Crippen LogP contribution in [-0.2, 0) is 26.3 Å². The van der Waals surface area contributed by atoms with Gasteiger partial charge < -0.3 is 4.90 Å². The number of rotatable bonds is 7. The van der Waals surface area contributed by atoms with E-state index in [0.29, 0.717) is 26.2 Å². The lowest BCUT2D eigenvalue weighted by Gasteiger charge is -2.34. The van der Waals surface area contributed by atoms with Crippen molar-refractivity contribution < 1.29 is 16.8 Å². The van der Waals surface area contributed by atoms with Crippen molar-refractivity contribution >= 4 is 19.9 Å². The van der Waals surface area contributed by atoms with Crippen LogP contribution in [0.25, 0.3) is 0 Å². The molecular weight excluding hydrogens is 396 g/mol. The van der Waals surface area contributed by atoms with Gasteiger partial charge in [0.1, 0.15) is 0 Å². The third kappa shape index (κ3) is 4.81. The van der Waals surface area contributed by atoms with Gasteiger partial charge in [-0.3, -0.25) is 0 Å². The molecule has 1 saturated heterocycles. The third-order valence-electron chi connectivity index (χ3n) is 5.09. The van der Waals surface area contributed by atoms with Crippen LogP contribution in [0.1, 0.15) is 12.5 Å². The van der Waals surface area contributed by atoms with Crippen molar-refractivity contribution in [2.24, 2.45) is 0 Å². The molecule has 1 aliphatic rings. The van der Waals surface area contributed by atoms with E-state index in [1.54, 1.807) is 6.92 Å². The summed E-state index contributed by atoms with van der Waals surface area (Å²) < 4.78 is 51.0. The van der Waals surface area contributed by atoms with Crippen molar-refractivity contribution in [2.45, 2.75) is 23.1 Å². The van der Waals surface area contributed by atoms with Crippen LogP contribution in [0.2, 0.25) is 0 Å². The summed E-state index contributed by atoms with van der Waals surface area (Å²) in [6.45, 7) is 4.72. The first-order valence-electron chi connectivity index (χ1n) is 9.42. The van der Waals surface area contributed by atoms with Crippen LogP contribution in [0.3, 0.4) is 0 Å². The fourth-order valence-corrected chi connectivity index (χ4v) is 5.57. The van der Waals surface area contributed by atoms with Crippen LogP contribution >= 0.6 is 0 Å². The fraction of sp³-hybridized carbons (Fsp3) is 0.400. The van der Waals surface area contributed by atoms with Crippen molar-refractivity contribution in [1.82, 2.24) is 9.21 Å². The molecule has 8 heteroatoms. The van der Waals surface area contributed by atoms with Crippen LogP contribution in [0.4, 0.5) is 0 Å². The quantitative estimate of drug-likeness (QED) is 0.683. The van der Waals surface area contributed by atoms with E-state index in [9.17, 15) is 16.8 Å². The Hall–Kier alpha value is -1.74. The highest BCUT2D eigenvalue weighted by Crippen LogP contribution is 2.20. The molecule has 1 fully saturated rings. The molecule has 0 amide bonds. The van der Waals surface area contributed by atoms with Crippen LogP contribution in [-0.4, -0.2) is 64.5 Å². The standard InChI is InChI=1S/C20H26N2O4S2/c1-2-27(23,24)19-8-10-20(11-9-19)28(25,26)22-16-14-21(15-17-22)13-12-18-6-4-3-5-7-18/h3-11H,2,12-17H2,1H3. The smallest absolute Gasteiger partial charge is 0.243 e. The molecular formula is C20H26N2O4S2. The van der Waals surface area contributed by atoms with Crippen molar-refractivity contribution in [3.05, 3.63) is 60.2 Å². The minimum absolute atomic E-state index is 0.00988. The molecule has 0 spiro atoms. The van der Waals surface area contributed by atoms with E-state index in [4.69, 9.17) is 0 Å². The van der Waals surface area contributed by atoms with Gasteiger partial charge in [0, 0.05) is 32.7 Å². The first-order valence-corrected chi connectivity index (χ1v) is 12.5. The van der Waals surface area contributed by atoms with Crippen LogP contribution in [0.5, 0.6) is 0 Å². The number of benzene rings is 2. The summed E-state index contributed by atoms with van der Waals surface area (Å²) in [6.07, 6.45) is 0.945. The first-order chi connectivity index (χ1) is 13.3. The molecule has 0 aromatic heterocycles. The molecule has 0 aliphatic carbocycles. The minimum Gasteiger partial charge on any atom is -0.300 e. The summed E-state index contributed by atoms with van der Waals surface area (Å²) in [5, 5.41) is 0. The average molecular weight is 423 g/mol. The first kappa shape index (κ1) is 21.0. The van der Waals surface area contributed by atoms with E-state index >= 15 is 0 Å². The highest BCUT2D eigenvalue weighted by molar-refractivity contribution is 7.91. The van der Waals surface area contributed by atoms with Crippen molar-refractivity contribution in [3.63, 3.8) is 0 Å². The Morgan fingerprint density at radius 3 is 1.93 bits per heavy atom. The lowest BCUT2D eigenvalue weighted by molar-refractivity contribution is 0.190. The lowest BCUT2D eigenvalue weighted by atomic mass is 10.1. The Morgan fingerprint density at radius 1 is 0.786 bits per heavy atom. The van der Waals surface area contributed by atoms with Crippen LogP contribution in [0, 0.1) is 0 Å². The second-order valence-electron chi connectivity index (χ2n) is 6.86. The van der Waals surface area contributed by atoms with Gasteiger partial charge in [0.05, 0.1) is 15.5 Å². The number of sulfone groups is 1. The van der Waals surface area contributed by atoms with Gasteiger partial charge in [0.15, 0.2) is 9.84 Å². The second kappa shape index (κ2) is 8.73. The van der Waals surface area contributed by atoms with E-state index in [2.05, 4.69) is 17.0 Å². The molecule has 152 valence electrons. The molecule has 1 heterocycles. The van der Waals surface area contributed by atoms with E-state index in [0.717, 1.165) is 13.0 Å². The van der Waals surface area contributed by atoms with Crippen molar-refractivity contribution in [3.8, 4) is 0 Å². The molecule has 0 unspecified atom stereocenters. The van der Waals surface area contributed by atoms with Gasteiger partial charge in [0.2, 0.25) is 10.0 Å². The van der Waals surface area contributed by atoms with Crippen LogP contribution < -0.4 is 0 Å². The lowest BCUT2D eigenvalue weighted by Crippen LogP contribution is -2.48. The summed E-state index contributed by atoms with van der Waals surface area (Å²) in [4.78, 5) is 2.57. The van der Waals surface area contributed by atoms with E-state index in [-0.39, 0.29) is 15.5 Å². The number of nitrogens with zero attached hydrogens (tertiary/aromatic N) is 2. The molecule has 0 bridgehead atoms. The SMILES string of the molecule is CCS(=O)(=O)c1ccc(S(=O)(=O)N2CCN(CCc3ccccc3)CC2)cc1.